The van der Waals surface area contributed by atoms with Gasteiger partial charge in [-0.3, -0.25) is 14.9 Å². The largest absolute Gasteiger partial charge is 0.416 e. The Morgan fingerprint density at radius 1 is 1.00 bits per heavy atom. The van der Waals surface area contributed by atoms with Gasteiger partial charge < -0.3 is 5.32 Å². The minimum absolute atomic E-state index is 0.0890. The van der Waals surface area contributed by atoms with Gasteiger partial charge in [0, 0.05) is 21.7 Å². The molecule has 1 aromatic heterocycles. The topological polar surface area (TPSA) is 71.1 Å². The molecule has 0 aliphatic carbocycles. The molecular formula is C19H13ClF3N3O2S. The van der Waals surface area contributed by atoms with Gasteiger partial charge in [-0.05, 0) is 48.5 Å². The monoisotopic (exact) mass is 439 g/mol. The van der Waals surface area contributed by atoms with Crippen molar-refractivity contribution in [3.63, 3.8) is 0 Å². The van der Waals surface area contributed by atoms with Crippen LogP contribution in [0.4, 0.5) is 24.0 Å². The van der Waals surface area contributed by atoms with Gasteiger partial charge in [0.05, 0.1) is 17.7 Å². The molecule has 0 bridgehead atoms. The number of amides is 2. The molecule has 0 unspecified atom stereocenters. The zero-order chi connectivity index (χ0) is 21.0. The number of rotatable bonds is 5. The molecule has 2 N–H and O–H groups in total. The predicted molar refractivity (Wildman–Crippen MR) is 105 cm³/mol. The highest BCUT2D eigenvalue weighted by molar-refractivity contribution is 7.14. The van der Waals surface area contributed by atoms with E-state index in [2.05, 4.69) is 15.6 Å². The lowest BCUT2D eigenvalue weighted by atomic mass is 10.2. The first-order valence-electron chi connectivity index (χ1n) is 8.19. The number of nitrogens with one attached hydrogen (secondary N) is 2. The van der Waals surface area contributed by atoms with Crippen LogP contribution in [0.3, 0.4) is 0 Å². The third kappa shape index (κ3) is 5.78. The van der Waals surface area contributed by atoms with Crippen LogP contribution in [0.25, 0.3) is 0 Å². The van der Waals surface area contributed by atoms with Gasteiger partial charge in [-0.2, -0.15) is 13.2 Å². The molecule has 2 aromatic carbocycles. The Bertz CT molecular complexity index is 1020. The summed E-state index contributed by atoms with van der Waals surface area (Å²) in [6.07, 6.45) is -4.52. The van der Waals surface area contributed by atoms with Gasteiger partial charge in [-0.15, -0.1) is 11.3 Å². The van der Waals surface area contributed by atoms with Crippen molar-refractivity contribution in [1.82, 2.24) is 4.98 Å². The Morgan fingerprint density at radius 2 is 1.66 bits per heavy atom. The number of anilines is 2. The standard InChI is InChI=1S/C19H13ClF3N3O2S/c20-13-5-1-11(2-6-13)17(28)26-18-25-15(10-29-18)9-16(27)24-14-7-3-12(4-8-14)19(21,22)23/h1-8,10H,9H2,(H,24,27)(H,25,26,28). The van der Waals surface area contributed by atoms with E-state index in [0.717, 1.165) is 23.5 Å². The molecule has 0 aliphatic rings. The molecule has 0 aliphatic heterocycles. The summed E-state index contributed by atoms with van der Waals surface area (Å²) in [5.41, 5.74) is 0.280. The fourth-order valence-electron chi connectivity index (χ4n) is 2.33. The molecule has 3 aromatic rings. The van der Waals surface area contributed by atoms with Crippen molar-refractivity contribution in [3.05, 3.63) is 75.8 Å². The van der Waals surface area contributed by atoms with E-state index in [-0.39, 0.29) is 18.0 Å². The van der Waals surface area contributed by atoms with E-state index in [4.69, 9.17) is 11.6 Å². The smallest absolute Gasteiger partial charge is 0.326 e. The molecule has 1 heterocycles. The third-order valence-corrected chi connectivity index (χ3v) is 4.77. The summed E-state index contributed by atoms with van der Waals surface area (Å²) in [7, 11) is 0. The number of hydrogen-bond donors (Lipinski definition) is 2. The summed E-state index contributed by atoms with van der Waals surface area (Å²) in [6.45, 7) is 0. The first-order valence-corrected chi connectivity index (χ1v) is 9.45. The van der Waals surface area contributed by atoms with Crippen molar-refractivity contribution in [1.29, 1.82) is 0 Å². The van der Waals surface area contributed by atoms with Crippen molar-refractivity contribution >= 4 is 45.6 Å². The fraction of sp³-hybridized carbons (Fsp3) is 0.105. The summed E-state index contributed by atoms with van der Waals surface area (Å²) >= 11 is 6.94. The van der Waals surface area contributed by atoms with E-state index in [1.165, 1.54) is 12.1 Å². The zero-order valence-corrected chi connectivity index (χ0v) is 16.2. The SMILES string of the molecule is O=C(Cc1csc(NC(=O)c2ccc(Cl)cc2)n1)Nc1ccc(C(F)(F)F)cc1. The van der Waals surface area contributed by atoms with Crippen LogP contribution >= 0.6 is 22.9 Å². The molecule has 150 valence electrons. The summed E-state index contributed by atoms with van der Waals surface area (Å²) in [5, 5.41) is 7.58. The summed E-state index contributed by atoms with van der Waals surface area (Å²) < 4.78 is 37.7. The van der Waals surface area contributed by atoms with Gasteiger partial charge in [0.2, 0.25) is 5.91 Å². The summed E-state index contributed by atoms with van der Waals surface area (Å²) in [5.74, 6) is -0.803. The first-order chi connectivity index (χ1) is 13.7. The minimum Gasteiger partial charge on any atom is -0.326 e. The number of nitrogens with zero attached hydrogens (tertiary/aromatic N) is 1. The molecule has 0 spiro atoms. The van der Waals surface area contributed by atoms with Crippen molar-refractivity contribution in [2.24, 2.45) is 0 Å². The molecule has 0 radical (unpaired) electrons. The van der Waals surface area contributed by atoms with Crippen LogP contribution in [0, 0.1) is 0 Å². The molecule has 0 fully saturated rings. The highest BCUT2D eigenvalue weighted by Gasteiger charge is 2.30. The summed E-state index contributed by atoms with van der Waals surface area (Å²) in [4.78, 5) is 28.4. The Kier molecular flexibility index (Phi) is 6.19. The van der Waals surface area contributed by atoms with Crippen molar-refractivity contribution in [2.45, 2.75) is 12.6 Å². The Labute approximate surface area is 172 Å². The number of carbonyl (C=O) groups is 2. The van der Waals surface area contributed by atoms with Crippen LogP contribution in [0.1, 0.15) is 21.6 Å². The second-order valence-electron chi connectivity index (χ2n) is 5.91. The quantitative estimate of drug-likeness (QED) is 0.570. The van der Waals surface area contributed by atoms with E-state index in [0.29, 0.717) is 21.4 Å². The number of benzene rings is 2. The van der Waals surface area contributed by atoms with E-state index in [1.54, 1.807) is 29.6 Å². The van der Waals surface area contributed by atoms with Crippen molar-refractivity contribution in [2.75, 3.05) is 10.6 Å². The number of aromatic nitrogens is 1. The third-order valence-electron chi connectivity index (χ3n) is 3.72. The Hall–Kier alpha value is -2.91. The van der Waals surface area contributed by atoms with Crippen molar-refractivity contribution in [3.8, 4) is 0 Å². The molecule has 10 heteroatoms. The average Bonchev–Trinajstić information content (AvgIpc) is 3.08. The van der Waals surface area contributed by atoms with Gasteiger partial charge in [0.1, 0.15) is 0 Å². The zero-order valence-electron chi connectivity index (χ0n) is 14.6. The number of alkyl halides is 3. The Morgan fingerprint density at radius 3 is 2.28 bits per heavy atom. The maximum absolute atomic E-state index is 12.6. The molecule has 0 saturated heterocycles. The van der Waals surface area contributed by atoms with Crippen LogP contribution in [-0.4, -0.2) is 16.8 Å². The highest BCUT2D eigenvalue weighted by atomic mass is 35.5. The second-order valence-corrected chi connectivity index (χ2v) is 7.20. The number of carbonyl (C=O) groups excluding carboxylic acids is 2. The lowest BCUT2D eigenvalue weighted by Gasteiger charge is -2.08. The molecular weight excluding hydrogens is 427 g/mol. The van der Waals surface area contributed by atoms with E-state index in [1.807, 2.05) is 0 Å². The van der Waals surface area contributed by atoms with Crippen LogP contribution in [-0.2, 0) is 17.4 Å². The first kappa shape index (κ1) is 20.8. The molecule has 2 amide bonds. The average molecular weight is 440 g/mol. The van der Waals surface area contributed by atoms with Crippen molar-refractivity contribution < 1.29 is 22.8 Å². The normalized spacial score (nSPS) is 11.2. The molecule has 0 atom stereocenters. The minimum atomic E-state index is -4.43. The fourth-order valence-corrected chi connectivity index (χ4v) is 3.16. The summed E-state index contributed by atoms with van der Waals surface area (Å²) in [6, 6.07) is 10.5. The second kappa shape index (κ2) is 8.62. The molecule has 0 saturated carbocycles. The van der Waals surface area contributed by atoms with Gasteiger partial charge in [0.25, 0.3) is 5.91 Å². The van der Waals surface area contributed by atoms with E-state index < -0.39 is 17.6 Å². The number of hydrogen-bond acceptors (Lipinski definition) is 4. The van der Waals surface area contributed by atoms with Crippen LogP contribution in [0.5, 0.6) is 0 Å². The predicted octanol–water partition coefficient (Wildman–Crippen LogP) is 5.25. The molecule has 29 heavy (non-hydrogen) atoms. The number of halogens is 4. The number of thiazole rings is 1. The molecule has 5 nitrogen and oxygen atoms in total. The lowest BCUT2D eigenvalue weighted by molar-refractivity contribution is -0.137. The van der Waals surface area contributed by atoms with Gasteiger partial charge in [-0.25, -0.2) is 4.98 Å². The lowest BCUT2D eigenvalue weighted by Crippen LogP contribution is -2.15. The maximum Gasteiger partial charge on any atom is 0.416 e. The molecule has 3 rings (SSSR count). The van der Waals surface area contributed by atoms with Gasteiger partial charge >= 0.3 is 6.18 Å². The van der Waals surface area contributed by atoms with Crippen LogP contribution < -0.4 is 10.6 Å². The van der Waals surface area contributed by atoms with Gasteiger partial charge in [-0.1, -0.05) is 11.6 Å². The maximum atomic E-state index is 12.6. The van der Waals surface area contributed by atoms with E-state index >= 15 is 0 Å². The van der Waals surface area contributed by atoms with Gasteiger partial charge in [0.15, 0.2) is 5.13 Å². The van der Waals surface area contributed by atoms with Crippen LogP contribution in [0.2, 0.25) is 5.02 Å². The van der Waals surface area contributed by atoms with E-state index in [9.17, 15) is 22.8 Å². The Balaban J connectivity index is 1.56. The van der Waals surface area contributed by atoms with Crippen LogP contribution in [0.15, 0.2) is 53.9 Å². The highest BCUT2D eigenvalue weighted by Crippen LogP contribution is 2.29.